The van der Waals surface area contributed by atoms with Crippen LogP contribution in [0.1, 0.15) is 28.6 Å². The third kappa shape index (κ3) is 4.25. The summed E-state index contributed by atoms with van der Waals surface area (Å²) in [5.41, 5.74) is 1.01. The second kappa shape index (κ2) is 8.36. The highest BCUT2D eigenvalue weighted by Gasteiger charge is 2.20. The summed E-state index contributed by atoms with van der Waals surface area (Å²) >= 11 is 0. The molecule has 0 unspecified atom stereocenters. The van der Waals surface area contributed by atoms with Crippen molar-refractivity contribution in [3.63, 3.8) is 0 Å². The number of quaternary nitrogens is 1. The average molecular weight is 398 g/mol. The molecule has 0 saturated heterocycles. The Morgan fingerprint density at radius 2 is 1.83 bits per heavy atom. The molecule has 0 aliphatic heterocycles. The highest BCUT2D eigenvalue weighted by atomic mass is 16.5. The molecular formula is C22H24NO6+. The zero-order valence-electron chi connectivity index (χ0n) is 16.9. The van der Waals surface area contributed by atoms with Gasteiger partial charge in [0.2, 0.25) is 11.2 Å². The maximum atomic E-state index is 13.0. The smallest absolute Gasteiger partial charge is 0.338 e. The second-order valence-electron chi connectivity index (χ2n) is 6.99. The minimum atomic E-state index is -0.421. The Kier molecular flexibility index (Phi) is 5.89. The van der Waals surface area contributed by atoms with E-state index in [9.17, 15) is 14.7 Å². The summed E-state index contributed by atoms with van der Waals surface area (Å²) in [5, 5.41) is 10.5. The standard InChI is InChI=1S/C22H23NO6/c1-5-27-22(26)14-6-8-15(9-7-14)29-20-13(2)28-21-16(19(20)25)10-11-18(24)17(21)12-23(3)4/h6-11,24H,5,12H2,1-4H3/p+1. The number of nitrogens with one attached hydrogen (secondary N) is 1. The lowest BCUT2D eigenvalue weighted by Crippen LogP contribution is -3.04. The number of aryl methyl sites for hydroxylation is 1. The summed E-state index contributed by atoms with van der Waals surface area (Å²) in [5.74, 6) is 0.428. The molecule has 7 nitrogen and oxygen atoms in total. The van der Waals surface area contributed by atoms with Gasteiger partial charge in [-0.1, -0.05) is 0 Å². The van der Waals surface area contributed by atoms with E-state index in [-0.39, 0.29) is 16.9 Å². The van der Waals surface area contributed by atoms with Crippen molar-refractivity contribution < 1.29 is 28.7 Å². The molecule has 3 rings (SSSR count). The van der Waals surface area contributed by atoms with E-state index in [1.165, 1.54) is 12.1 Å². The first-order valence-electron chi connectivity index (χ1n) is 9.34. The van der Waals surface area contributed by atoms with Gasteiger partial charge in [0, 0.05) is 0 Å². The van der Waals surface area contributed by atoms with Gasteiger partial charge in [0.25, 0.3) is 0 Å². The van der Waals surface area contributed by atoms with E-state index >= 15 is 0 Å². The number of carbonyl (C=O) groups excluding carboxylic acids is 1. The molecule has 0 radical (unpaired) electrons. The average Bonchev–Trinajstić information content (AvgIpc) is 2.68. The van der Waals surface area contributed by atoms with Gasteiger partial charge in [0.15, 0.2) is 5.58 Å². The first-order chi connectivity index (χ1) is 13.8. The molecule has 2 aromatic carbocycles. The molecule has 0 amide bonds. The van der Waals surface area contributed by atoms with Crippen molar-refractivity contribution in [2.75, 3.05) is 20.7 Å². The number of phenols is 1. The molecule has 0 aliphatic carbocycles. The van der Waals surface area contributed by atoms with E-state index in [0.29, 0.717) is 46.8 Å². The van der Waals surface area contributed by atoms with Crippen LogP contribution in [-0.2, 0) is 11.3 Å². The van der Waals surface area contributed by atoms with Crippen molar-refractivity contribution >= 4 is 16.9 Å². The fraction of sp³-hybridized carbons (Fsp3) is 0.273. The third-order valence-corrected chi connectivity index (χ3v) is 4.38. The van der Waals surface area contributed by atoms with Crippen LogP contribution in [0.5, 0.6) is 17.2 Å². The summed E-state index contributed by atoms with van der Waals surface area (Å²) in [6.45, 7) is 4.17. The van der Waals surface area contributed by atoms with Gasteiger partial charge in [-0.25, -0.2) is 4.79 Å². The third-order valence-electron chi connectivity index (χ3n) is 4.38. The Balaban J connectivity index is 2.00. The van der Waals surface area contributed by atoms with E-state index in [1.54, 1.807) is 38.1 Å². The normalized spacial score (nSPS) is 11.1. The molecule has 0 fully saturated rings. The molecule has 29 heavy (non-hydrogen) atoms. The SMILES string of the molecule is CCOC(=O)c1ccc(Oc2c(C)oc3c(C[NH+](C)C)c(O)ccc3c2=O)cc1. The van der Waals surface area contributed by atoms with Crippen LogP contribution in [-0.4, -0.2) is 31.8 Å². The molecule has 0 aliphatic rings. The van der Waals surface area contributed by atoms with Crippen LogP contribution in [0.25, 0.3) is 11.0 Å². The number of hydrogen-bond acceptors (Lipinski definition) is 6. The molecule has 0 bridgehead atoms. The van der Waals surface area contributed by atoms with Gasteiger partial charge in [0.1, 0.15) is 23.8 Å². The maximum Gasteiger partial charge on any atom is 0.338 e. The number of rotatable bonds is 6. The Morgan fingerprint density at radius 3 is 2.45 bits per heavy atom. The minimum absolute atomic E-state index is 0.0650. The van der Waals surface area contributed by atoms with Gasteiger partial charge in [-0.15, -0.1) is 0 Å². The molecule has 1 aromatic heterocycles. The minimum Gasteiger partial charge on any atom is -0.507 e. The van der Waals surface area contributed by atoms with Crippen molar-refractivity contribution in [3.8, 4) is 17.2 Å². The summed E-state index contributed by atoms with van der Waals surface area (Å²) in [7, 11) is 3.89. The van der Waals surface area contributed by atoms with E-state index in [0.717, 1.165) is 4.90 Å². The maximum absolute atomic E-state index is 13.0. The predicted octanol–water partition coefficient (Wildman–Crippen LogP) is 2.42. The number of benzene rings is 2. The molecule has 7 heteroatoms. The quantitative estimate of drug-likeness (QED) is 0.620. The van der Waals surface area contributed by atoms with Crippen LogP contribution < -0.4 is 15.1 Å². The predicted molar refractivity (Wildman–Crippen MR) is 108 cm³/mol. The van der Waals surface area contributed by atoms with E-state index in [2.05, 4.69) is 0 Å². The van der Waals surface area contributed by atoms with Crippen LogP contribution in [0.2, 0.25) is 0 Å². The Hall–Kier alpha value is -3.32. The van der Waals surface area contributed by atoms with Crippen LogP contribution in [0.4, 0.5) is 0 Å². The lowest BCUT2D eigenvalue weighted by atomic mass is 10.1. The number of fused-ring (bicyclic) bond motifs is 1. The van der Waals surface area contributed by atoms with Crippen molar-refractivity contribution in [2.24, 2.45) is 0 Å². The number of hydrogen-bond donors (Lipinski definition) is 2. The van der Waals surface area contributed by atoms with Gasteiger partial charge < -0.3 is 23.9 Å². The Morgan fingerprint density at radius 1 is 1.14 bits per heavy atom. The molecular weight excluding hydrogens is 374 g/mol. The van der Waals surface area contributed by atoms with Crippen LogP contribution >= 0.6 is 0 Å². The van der Waals surface area contributed by atoms with Crippen LogP contribution in [0.15, 0.2) is 45.6 Å². The topological polar surface area (TPSA) is 90.4 Å². The molecule has 1 heterocycles. The lowest BCUT2D eigenvalue weighted by Gasteiger charge is -2.13. The molecule has 3 aromatic rings. The monoisotopic (exact) mass is 398 g/mol. The summed E-state index contributed by atoms with van der Waals surface area (Å²) < 4.78 is 16.6. The molecule has 0 spiro atoms. The number of aromatic hydroxyl groups is 1. The highest BCUT2D eigenvalue weighted by Crippen LogP contribution is 2.30. The van der Waals surface area contributed by atoms with E-state index in [4.69, 9.17) is 13.9 Å². The summed E-state index contributed by atoms with van der Waals surface area (Å²) in [4.78, 5) is 25.8. The number of esters is 1. The van der Waals surface area contributed by atoms with Crippen molar-refractivity contribution in [1.29, 1.82) is 0 Å². The van der Waals surface area contributed by atoms with Gasteiger partial charge in [-0.05, 0) is 50.2 Å². The second-order valence-corrected chi connectivity index (χ2v) is 6.99. The summed E-state index contributed by atoms with van der Waals surface area (Å²) in [6.07, 6.45) is 0. The summed E-state index contributed by atoms with van der Waals surface area (Å²) in [6, 6.07) is 9.34. The Labute approximate surface area is 168 Å². The van der Waals surface area contributed by atoms with Gasteiger partial charge in [0.05, 0.1) is 37.2 Å². The number of ether oxygens (including phenoxy) is 2. The molecule has 2 N–H and O–H groups in total. The van der Waals surface area contributed by atoms with Crippen LogP contribution in [0, 0.1) is 6.92 Å². The number of carbonyl (C=O) groups is 1. The number of phenolic OH excluding ortho intramolecular Hbond substituents is 1. The van der Waals surface area contributed by atoms with Crippen molar-refractivity contribution in [1.82, 2.24) is 0 Å². The van der Waals surface area contributed by atoms with Gasteiger partial charge >= 0.3 is 5.97 Å². The molecule has 0 atom stereocenters. The first kappa shape index (κ1) is 20.4. The van der Waals surface area contributed by atoms with Gasteiger partial charge in [-0.2, -0.15) is 0 Å². The Bertz CT molecular complexity index is 1100. The van der Waals surface area contributed by atoms with E-state index in [1.807, 2.05) is 14.1 Å². The lowest BCUT2D eigenvalue weighted by molar-refractivity contribution is -0.872. The molecule has 0 saturated carbocycles. The van der Waals surface area contributed by atoms with E-state index < -0.39 is 5.97 Å². The zero-order valence-corrected chi connectivity index (χ0v) is 16.9. The highest BCUT2D eigenvalue weighted by molar-refractivity contribution is 5.89. The fourth-order valence-corrected chi connectivity index (χ4v) is 3.03. The van der Waals surface area contributed by atoms with Crippen molar-refractivity contribution in [3.05, 3.63) is 63.5 Å². The largest absolute Gasteiger partial charge is 0.507 e. The zero-order chi connectivity index (χ0) is 21.1. The molecule has 152 valence electrons. The first-order valence-corrected chi connectivity index (χ1v) is 9.34. The van der Waals surface area contributed by atoms with Crippen molar-refractivity contribution in [2.45, 2.75) is 20.4 Å². The van der Waals surface area contributed by atoms with Crippen LogP contribution in [0.3, 0.4) is 0 Å². The van der Waals surface area contributed by atoms with Gasteiger partial charge in [-0.3, -0.25) is 4.79 Å². The fourth-order valence-electron chi connectivity index (χ4n) is 3.03.